The fourth-order valence-corrected chi connectivity index (χ4v) is 3.04. The average Bonchev–Trinajstić information content (AvgIpc) is 2.89. The van der Waals surface area contributed by atoms with Gasteiger partial charge in [-0.3, -0.25) is 9.59 Å². The highest BCUT2D eigenvalue weighted by atomic mass is 35.5. The van der Waals surface area contributed by atoms with E-state index >= 15 is 0 Å². The first-order chi connectivity index (χ1) is 10.9. The number of nitrogens with one attached hydrogen (secondary N) is 1. The van der Waals surface area contributed by atoms with Gasteiger partial charge in [-0.15, -0.1) is 0 Å². The molecule has 0 aliphatic carbocycles. The fraction of sp³-hybridized carbons (Fsp3) is 0.529. The lowest BCUT2D eigenvalue weighted by Crippen LogP contribution is -2.43. The van der Waals surface area contributed by atoms with Crippen LogP contribution in [-0.4, -0.2) is 36.1 Å². The number of para-hydroxylation sites is 1. The number of benzene rings is 1. The maximum absolute atomic E-state index is 12.4. The van der Waals surface area contributed by atoms with Gasteiger partial charge >= 0.3 is 0 Å². The molecular weight excluding hydrogens is 316 g/mol. The molecule has 1 aromatic carbocycles. The van der Waals surface area contributed by atoms with Crippen molar-refractivity contribution in [2.45, 2.75) is 32.7 Å². The van der Waals surface area contributed by atoms with Crippen LogP contribution >= 0.6 is 11.6 Å². The largest absolute Gasteiger partial charge is 0.396 e. The number of anilines is 1. The average molecular weight is 339 g/mol. The number of carbonyl (C=O) groups excluding carboxylic acids is 2. The summed E-state index contributed by atoms with van der Waals surface area (Å²) in [6.07, 6.45) is 0.694. The van der Waals surface area contributed by atoms with Crippen molar-refractivity contribution in [2.75, 3.05) is 18.1 Å². The molecule has 2 rings (SSSR count). The first kappa shape index (κ1) is 17.8. The predicted octanol–water partition coefficient (Wildman–Crippen LogP) is 2.22. The third-order valence-corrected chi connectivity index (χ3v) is 4.53. The Morgan fingerprint density at radius 3 is 2.74 bits per heavy atom. The van der Waals surface area contributed by atoms with Crippen molar-refractivity contribution in [3.63, 3.8) is 0 Å². The van der Waals surface area contributed by atoms with Crippen LogP contribution in [0.1, 0.15) is 26.7 Å². The molecule has 1 saturated heterocycles. The van der Waals surface area contributed by atoms with E-state index < -0.39 is 5.92 Å². The van der Waals surface area contributed by atoms with Gasteiger partial charge in [-0.05, 0) is 24.5 Å². The molecule has 1 aliphatic heterocycles. The smallest absolute Gasteiger partial charge is 0.227 e. The summed E-state index contributed by atoms with van der Waals surface area (Å²) in [4.78, 5) is 26.2. The van der Waals surface area contributed by atoms with Crippen LogP contribution in [0, 0.1) is 11.8 Å². The molecule has 0 spiro atoms. The summed E-state index contributed by atoms with van der Waals surface area (Å²) in [6, 6.07) is 7.05. The van der Waals surface area contributed by atoms with Crippen molar-refractivity contribution >= 4 is 29.1 Å². The Morgan fingerprint density at radius 1 is 1.43 bits per heavy atom. The van der Waals surface area contributed by atoms with Crippen LogP contribution in [0.4, 0.5) is 5.69 Å². The van der Waals surface area contributed by atoms with E-state index in [9.17, 15) is 9.59 Å². The van der Waals surface area contributed by atoms with Gasteiger partial charge in [-0.1, -0.05) is 37.6 Å². The van der Waals surface area contributed by atoms with E-state index in [4.69, 9.17) is 16.7 Å². The SMILES string of the molecule is CC(C)C(CCO)NC(=O)C1CC(=O)N(c2ccccc2Cl)C1. The Bertz CT molecular complexity index is 577. The van der Waals surface area contributed by atoms with E-state index in [1.807, 2.05) is 19.9 Å². The summed E-state index contributed by atoms with van der Waals surface area (Å²) in [5, 5.41) is 12.6. The molecule has 2 amide bonds. The van der Waals surface area contributed by atoms with Crippen LogP contribution in [0.2, 0.25) is 5.02 Å². The summed E-state index contributed by atoms with van der Waals surface area (Å²) in [7, 11) is 0. The first-order valence-corrected chi connectivity index (χ1v) is 8.28. The van der Waals surface area contributed by atoms with Crippen LogP contribution in [0.15, 0.2) is 24.3 Å². The number of halogens is 1. The molecule has 2 atom stereocenters. The van der Waals surface area contributed by atoms with Gasteiger partial charge in [-0.2, -0.15) is 0 Å². The fourth-order valence-electron chi connectivity index (χ4n) is 2.80. The molecule has 126 valence electrons. The van der Waals surface area contributed by atoms with Gasteiger partial charge in [0.25, 0.3) is 0 Å². The van der Waals surface area contributed by atoms with Crippen molar-refractivity contribution in [2.24, 2.45) is 11.8 Å². The Balaban J connectivity index is 2.04. The number of carbonyl (C=O) groups is 2. The monoisotopic (exact) mass is 338 g/mol. The summed E-state index contributed by atoms with van der Waals surface area (Å²) in [6.45, 7) is 4.35. The van der Waals surface area contributed by atoms with Crippen LogP contribution in [0.3, 0.4) is 0 Å². The molecule has 0 aromatic heterocycles. The summed E-state index contributed by atoms with van der Waals surface area (Å²) in [5.74, 6) is -0.400. The van der Waals surface area contributed by atoms with E-state index in [0.717, 1.165) is 0 Å². The van der Waals surface area contributed by atoms with Gasteiger partial charge in [0, 0.05) is 25.6 Å². The number of aliphatic hydroxyl groups is 1. The van der Waals surface area contributed by atoms with Gasteiger partial charge < -0.3 is 15.3 Å². The number of aliphatic hydroxyl groups excluding tert-OH is 1. The summed E-state index contributed by atoms with van der Waals surface area (Å²) in [5.41, 5.74) is 0.644. The maximum atomic E-state index is 12.4. The third kappa shape index (κ3) is 4.24. The Morgan fingerprint density at radius 2 is 2.13 bits per heavy atom. The molecule has 0 bridgehead atoms. The molecule has 23 heavy (non-hydrogen) atoms. The number of amides is 2. The Hall–Kier alpha value is -1.59. The maximum Gasteiger partial charge on any atom is 0.227 e. The van der Waals surface area contributed by atoms with Crippen LogP contribution in [0.25, 0.3) is 0 Å². The molecular formula is C17H23ClN2O3. The topological polar surface area (TPSA) is 69.6 Å². The zero-order valence-electron chi connectivity index (χ0n) is 13.5. The molecule has 1 aromatic rings. The van der Waals surface area contributed by atoms with Crippen LogP contribution in [-0.2, 0) is 9.59 Å². The number of rotatable bonds is 6. The van der Waals surface area contributed by atoms with Gasteiger partial charge in [0.2, 0.25) is 11.8 Å². The van der Waals surface area contributed by atoms with E-state index in [1.165, 1.54) is 0 Å². The molecule has 6 heteroatoms. The van der Waals surface area contributed by atoms with Gasteiger partial charge in [-0.25, -0.2) is 0 Å². The highest BCUT2D eigenvalue weighted by Crippen LogP contribution is 2.31. The Kier molecular flexibility index (Phi) is 6.02. The van der Waals surface area contributed by atoms with Gasteiger partial charge in [0.05, 0.1) is 16.6 Å². The minimum atomic E-state index is -0.390. The molecule has 2 unspecified atom stereocenters. The zero-order valence-corrected chi connectivity index (χ0v) is 14.2. The summed E-state index contributed by atoms with van der Waals surface area (Å²) >= 11 is 6.14. The van der Waals surface area contributed by atoms with Crippen molar-refractivity contribution in [3.05, 3.63) is 29.3 Å². The molecule has 1 fully saturated rings. The van der Waals surface area contributed by atoms with Crippen molar-refractivity contribution in [3.8, 4) is 0 Å². The molecule has 5 nitrogen and oxygen atoms in total. The lowest BCUT2D eigenvalue weighted by atomic mass is 9.99. The molecule has 2 N–H and O–H groups in total. The normalized spacial score (nSPS) is 19.3. The lowest BCUT2D eigenvalue weighted by Gasteiger charge is -2.23. The number of hydrogen-bond acceptors (Lipinski definition) is 3. The van der Waals surface area contributed by atoms with Gasteiger partial charge in [0.1, 0.15) is 0 Å². The van der Waals surface area contributed by atoms with Crippen LogP contribution in [0.5, 0.6) is 0 Å². The highest BCUT2D eigenvalue weighted by molar-refractivity contribution is 6.33. The van der Waals surface area contributed by atoms with E-state index in [2.05, 4.69) is 5.32 Å². The van der Waals surface area contributed by atoms with E-state index in [-0.39, 0.29) is 36.8 Å². The first-order valence-electron chi connectivity index (χ1n) is 7.90. The molecule has 0 radical (unpaired) electrons. The Labute approximate surface area is 141 Å². The lowest BCUT2D eigenvalue weighted by molar-refractivity contribution is -0.127. The van der Waals surface area contributed by atoms with Crippen molar-refractivity contribution in [1.82, 2.24) is 5.32 Å². The second kappa shape index (κ2) is 7.79. The standard InChI is InChI=1S/C17H23ClN2O3/c1-11(2)14(7-8-21)19-17(23)12-9-16(22)20(10-12)15-6-4-3-5-13(15)18/h3-6,11-12,14,21H,7-10H2,1-2H3,(H,19,23). The molecule has 1 aliphatic rings. The minimum Gasteiger partial charge on any atom is -0.396 e. The predicted molar refractivity (Wildman–Crippen MR) is 90.4 cm³/mol. The highest BCUT2D eigenvalue weighted by Gasteiger charge is 2.36. The molecule has 1 heterocycles. The van der Waals surface area contributed by atoms with Crippen molar-refractivity contribution < 1.29 is 14.7 Å². The van der Waals surface area contributed by atoms with Crippen molar-refractivity contribution in [1.29, 1.82) is 0 Å². The zero-order chi connectivity index (χ0) is 17.0. The van der Waals surface area contributed by atoms with Gasteiger partial charge in [0.15, 0.2) is 0 Å². The molecule has 0 saturated carbocycles. The number of nitrogens with zero attached hydrogens (tertiary/aromatic N) is 1. The quantitative estimate of drug-likeness (QED) is 0.835. The van der Waals surface area contributed by atoms with Crippen LogP contribution < -0.4 is 10.2 Å². The van der Waals surface area contributed by atoms with E-state index in [1.54, 1.807) is 23.1 Å². The number of hydrogen-bond donors (Lipinski definition) is 2. The third-order valence-electron chi connectivity index (χ3n) is 4.21. The summed E-state index contributed by atoms with van der Waals surface area (Å²) < 4.78 is 0. The minimum absolute atomic E-state index is 0.0263. The second-order valence-corrected chi connectivity index (χ2v) is 6.64. The second-order valence-electron chi connectivity index (χ2n) is 6.23. The van der Waals surface area contributed by atoms with E-state index in [0.29, 0.717) is 23.7 Å².